The lowest BCUT2D eigenvalue weighted by Gasteiger charge is -2.18. The van der Waals surface area contributed by atoms with Gasteiger partial charge in [0.25, 0.3) is 5.91 Å². The number of aryl methyl sites for hydroxylation is 1. The van der Waals surface area contributed by atoms with E-state index in [1.165, 1.54) is 17.8 Å². The SMILES string of the molecule is CCOc1ccc2nc(NC(=O)COC(=O)c3c4c(nc5ccccc35)CCCCCC4)sc2c1. The number of ether oxygens (including phenoxy) is 2. The first-order valence-electron chi connectivity index (χ1n) is 12.0. The van der Waals surface area contributed by atoms with Crippen molar-refractivity contribution in [3.05, 3.63) is 59.3 Å². The van der Waals surface area contributed by atoms with Gasteiger partial charge in [-0.25, -0.2) is 9.78 Å². The molecule has 0 saturated heterocycles. The molecular weight excluding hydrogens is 462 g/mol. The number of amides is 1. The first-order valence-corrected chi connectivity index (χ1v) is 12.8. The molecule has 0 bridgehead atoms. The van der Waals surface area contributed by atoms with Crippen LogP contribution in [-0.2, 0) is 22.4 Å². The van der Waals surface area contributed by atoms with Gasteiger partial charge in [0.2, 0.25) is 0 Å². The average molecular weight is 490 g/mol. The molecule has 5 rings (SSSR count). The maximum Gasteiger partial charge on any atom is 0.339 e. The van der Waals surface area contributed by atoms with Crippen molar-refractivity contribution < 1.29 is 19.1 Å². The van der Waals surface area contributed by atoms with Crippen LogP contribution >= 0.6 is 11.3 Å². The van der Waals surface area contributed by atoms with Crippen LogP contribution in [0.25, 0.3) is 21.1 Å². The van der Waals surface area contributed by atoms with Crippen molar-refractivity contribution in [2.24, 2.45) is 0 Å². The van der Waals surface area contributed by atoms with Gasteiger partial charge in [0.15, 0.2) is 11.7 Å². The second kappa shape index (κ2) is 10.4. The highest BCUT2D eigenvalue weighted by Crippen LogP contribution is 2.30. The Morgan fingerprint density at radius 2 is 1.83 bits per heavy atom. The molecule has 8 heteroatoms. The van der Waals surface area contributed by atoms with E-state index in [-0.39, 0.29) is 6.61 Å². The van der Waals surface area contributed by atoms with Crippen LogP contribution in [0.4, 0.5) is 5.13 Å². The molecule has 1 aliphatic carbocycles. The van der Waals surface area contributed by atoms with Gasteiger partial charge in [-0.1, -0.05) is 42.4 Å². The third-order valence-electron chi connectivity index (χ3n) is 6.13. The molecule has 180 valence electrons. The number of pyridine rings is 1. The molecule has 0 radical (unpaired) electrons. The summed E-state index contributed by atoms with van der Waals surface area (Å²) in [5, 5.41) is 3.97. The number of fused-ring (bicyclic) bond motifs is 3. The summed E-state index contributed by atoms with van der Waals surface area (Å²) in [6.07, 6.45) is 6.02. The van der Waals surface area contributed by atoms with Crippen LogP contribution in [0.1, 0.15) is 54.2 Å². The smallest absolute Gasteiger partial charge is 0.339 e. The van der Waals surface area contributed by atoms with Gasteiger partial charge in [0.05, 0.1) is 27.9 Å². The maximum absolute atomic E-state index is 13.3. The van der Waals surface area contributed by atoms with E-state index in [4.69, 9.17) is 14.5 Å². The predicted molar refractivity (Wildman–Crippen MR) is 137 cm³/mol. The lowest BCUT2D eigenvalue weighted by Crippen LogP contribution is -2.22. The summed E-state index contributed by atoms with van der Waals surface area (Å²) in [4.78, 5) is 35.1. The van der Waals surface area contributed by atoms with E-state index in [0.29, 0.717) is 17.3 Å². The van der Waals surface area contributed by atoms with Crippen LogP contribution in [0.15, 0.2) is 42.5 Å². The van der Waals surface area contributed by atoms with Gasteiger partial charge < -0.3 is 9.47 Å². The summed E-state index contributed by atoms with van der Waals surface area (Å²) < 4.78 is 11.9. The van der Waals surface area contributed by atoms with Gasteiger partial charge in [-0.2, -0.15) is 0 Å². The monoisotopic (exact) mass is 489 g/mol. The van der Waals surface area contributed by atoms with Crippen LogP contribution in [-0.4, -0.2) is 35.1 Å². The molecule has 1 aliphatic rings. The van der Waals surface area contributed by atoms with Crippen LogP contribution in [0.3, 0.4) is 0 Å². The summed E-state index contributed by atoms with van der Waals surface area (Å²) >= 11 is 1.35. The van der Waals surface area contributed by atoms with Crippen molar-refractivity contribution in [3.8, 4) is 5.75 Å². The zero-order valence-electron chi connectivity index (χ0n) is 19.6. The molecule has 1 N–H and O–H groups in total. The molecule has 4 aromatic rings. The van der Waals surface area contributed by atoms with Gasteiger partial charge in [-0.05, 0) is 62.4 Å². The highest BCUT2D eigenvalue weighted by molar-refractivity contribution is 7.22. The van der Waals surface area contributed by atoms with Crippen molar-refractivity contribution in [1.29, 1.82) is 0 Å². The Balaban J connectivity index is 1.33. The molecule has 0 fully saturated rings. The van der Waals surface area contributed by atoms with Crippen molar-refractivity contribution >= 4 is 49.5 Å². The number of para-hydroxylation sites is 1. The van der Waals surface area contributed by atoms with Crippen LogP contribution in [0.2, 0.25) is 0 Å². The molecule has 0 atom stereocenters. The topological polar surface area (TPSA) is 90.4 Å². The number of thiazole rings is 1. The summed E-state index contributed by atoms with van der Waals surface area (Å²) in [5.74, 6) is -0.153. The van der Waals surface area contributed by atoms with E-state index in [2.05, 4.69) is 10.3 Å². The number of hydrogen-bond donors (Lipinski definition) is 1. The fourth-order valence-corrected chi connectivity index (χ4v) is 5.44. The fraction of sp³-hybridized carbons (Fsp3) is 0.333. The van der Waals surface area contributed by atoms with Gasteiger partial charge in [0, 0.05) is 11.1 Å². The number of hydrogen-bond acceptors (Lipinski definition) is 7. The molecular formula is C27H27N3O4S. The normalized spacial score (nSPS) is 13.6. The van der Waals surface area contributed by atoms with Gasteiger partial charge in [-0.15, -0.1) is 0 Å². The second-order valence-electron chi connectivity index (χ2n) is 8.55. The van der Waals surface area contributed by atoms with Crippen molar-refractivity contribution in [2.45, 2.75) is 45.4 Å². The van der Waals surface area contributed by atoms with E-state index in [9.17, 15) is 9.59 Å². The predicted octanol–water partition coefficient (Wildman–Crippen LogP) is 5.70. The molecule has 7 nitrogen and oxygen atoms in total. The van der Waals surface area contributed by atoms with E-state index in [1.807, 2.05) is 49.4 Å². The average Bonchev–Trinajstić information content (AvgIpc) is 3.24. The van der Waals surface area contributed by atoms with Crippen LogP contribution in [0, 0.1) is 0 Å². The summed E-state index contributed by atoms with van der Waals surface area (Å²) in [6, 6.07) is 13.2. The molecule has 2 heterocycles. The highest BCUT2D eigenvalue weighted by Gasteiger charge is 2.23. The molecule has 0 spiro atoms. The quantitative estimate of drug-likeness (QED) is 0.350. The first-order chi connectivity index (χ1) is 17.1. The van der Waals surface area contributed by atoms with E-state index in [1.54, 1.807) is 0 Å². The fourth-order valence-electron chi connectivity index (χ4n) is 4.53. The lowest BCUT2D eigenvalue weighted by molar-refractivity contribution is -0.119. The minimum absolute atomic E-state index is 0.385. The molecule has 2 aromatic heterocycles. The van der Waals surface area contributed by atoms with Gasteiger partial charge in [0.1, 0.15) is 5.75 Å². The van der Waals surface area contributed by atoms with E-state index < -0.39 is 11.9 Å². The second-order valence-corrected chi connectivity index (χ2v) is 9.58. The summed E-state index contributed by atoms with van der Waals surface area (Å²) in [6.45, 7) is 2.12. The number of nitrogens with one attached hydrogen (secondary N) is 1. The number of aromatic nitrogens is 2. The molecule has 0 aliphatic heterocycles. The zero-order chi connectivity index (χ0) is 24.2. The third kappa shape index (κ3) is 5.12. The van der Waals surface area contributed by atoms with Crippen molar-refractivity contribution in [2.75, 3.05) is 18.5 Å². The molecule has 0 unspecified atom stereocenters. The van der Waals surface area contributed by atoms with Crippen LogP contribution < -0.4 is 10.1 Å². The highest BCUT2D eigenvalue weighted by atomic mass is 32.1. The van der Waals surface area contributed by atoms with Crippen molar-refractivity contribution in [3.63, 3.8) is 0 Å². The Labute approximate surface area is 207 Å². The number of benzene rings is 2. The molecule has 0 saturated carbocycles. The minimum Gasteiger partial charge on any atom is -0.494 e. The Kier molecular flexibility index (Phi) is 6.90. The van der Waals surface area contributed by atoms with E-state index >= 15 is 0 Å². The summed E-state index contributed by atoms with van der Waals surface area (Å²) in [5.41, 5.74) is 4.03. The summed E-state index contributed by atoms with van der Waals surface area (Å²) in [7, 11) is 0. The first kappa shape index (κ1) is 23.2. The third-order valence-corrected chi connectivity index (χ3v) is 7.06. The Morgan fingerprint density at radius 3 is 2.69 bits per heavy atom. The number of anilines is 1. The standard InChI is InChI=1S/C27H27N3O4S/c1-2-33-17-13-14-22-23(15-17)35-27(29-22)30-24(31)16-34-26(32)25-18-9-5-3-4-6-11-20(18)28-21-12-8-7-10-19(21)25/h7-8,10,12-15H,2-6,9,11,16H2,1H3,(H,29,30,31). The van der Waals surface area contributed by atoms with E-state index in [0.717, 1.165) is 70.2 Å². The molecule has 1 amide bonds. The maximum atomic E-state index is 13.3. The molecule has 2 aromatic carbocycles. The van der Waals surface area contributed by atoms with Crippen LogP contribution in [0.5, 0.6) is 5.75 Å². The Bertz CT molecular complexity index is 1400. The van der Waals surface area contributed by atoms with Gasteiger partial charge >= 0.3 is 5.97 Å². The molecule has 35 heavy (non-hydrogen) atoms. The Hall–Kier alpha value is -3.52. The largest absolute Gasteiger partial charge is 0.494 e. The lowest BCUT2D eigenvalue weighted by atomic mass is 9.91. The number of esters is 1. The van der Waals surface area contributed by atoms with Gasteiger partial charge in [-0.3, -0.25) is 15.1 Å². The number of carbonyl (C=O) groups excluding carboxylic acids is 2. The minimum atomic E-state index is -0.485. The number of carbonyl (C=O) groups is 2. The number of nitrogens with zero attached hydrogens (tertiary/aromatic N) is 2. The number of rotatable bonds is 6. The Morgan fingerprint density at radius 1 is 1.00 bits per heavy atom. The zero-order valence-corrected chi connectivity index (χ0v) is 20.5. The van der Waals surface area contributed by atoms with Crippen molar-refractivity contribution in [1.82, 2.24) is 9.97 Å².